The Bertz CT molecular complexity index is 1100. The largest absolute Gasteiger partial charge is 0.477 e. The van der Waals surface area contributed by atoms with Gasteiger partial charge in [-0.25, -0.2) is 8.42 Å². The van der Waals surface area contributed by atoms with Gasteiger partial charge in [0.1, 0.15) is 18.2 Å². The molecule has 1 fully saturated rings. The number of thiophene rings is 1. The van der Waals surface area contributed by atoms with Crippen molar-refractivity contribution in [2.45, 2.75) is 25.9 Å². The predicted octanol–water partition coefficient (Wildman–Crippen LogP) is 3.01. The molecule has 3 aliphatic rings. The van der Waals surface area contributed by atoms with Crippen LogP contribution in [0.15, 0.2) is 29.3 Å². The molecule has 146 valence electrons. The fourth-order valence-electron chi connectivity index (χ4n) is 4.07. The summed E-state index contributed by atoms with van der Waals surface area (Å²) in [5, 5.41) is 1.95. The molecule has 1 unspecified atom stereocenters. The Kier molecular flexibility index (Phi) is 4.12. The standard InChI is InChI=1S/C20H19NO5S2/c1-12-19-13(9-21(11-25-19)14-4-6-28(23,24)10-14)7-16-18(22)17(26-20(12)16)8-15-3-2-5-27-15/h2-3,5,7-8,14H,4,6,9-11H2,1H3/b17-8+. The molecule has 3 aliphatic heterocycles. The van der Waals surface area contributed by atoms with Crippen LogP contribution in [0.3, 0.4) is 0 Å². The van der Waals surface area contributed by atoms with Gasteiger partial charge in [0.15, 0.2) is 15.6 Å². The van der Waals surface area contributed by atoms with Crippen LogP contribution in [0.1, 0.15) is 32.8 Å². The Labute approximate surface area is 167 Å². The number of nitrogens with zero attached hydrogens (tertiary/aromatic N) is 1. The molecule has 0 bridgehead atoms. The lowest BCUT2D eigenvalue weighted by Gasteiger charge is -2.33. The molecule has 0 spiro atoms. The van der Waals surface area contributed by atoms with Gasteiger partial charge in [-0.05, 0) is 30.9 Å². The number of rotatable bonds is 2. The van der Waals surface area contributed by atoms with E-state index in [4.69, 9.17) is 9.47 Å². The molecular formula is C20H19NO5S2. The topological polar surface area (TPSA) is 72.9 Å². The van der Waals surface area contributed by atoms with Crippen LogP contribution < -0.4 is 9.47 Å². The molecule has 4 heterocycles. The van der Waals surface area contributed by atoms with Crippen LogP contribution in [-0.4, -0.2) is 43.4 Å². The number of ether oxygens (including phenoxy) is 2. The fourth-order valence-corrected chi connectivity index (χ4v) is 6.47. The van der Waals surface area contributed by atoms with Gasteiger partial charge in [-0.3, -0.25) is 9.69 Å². The molecule has 0 saturated carbocycles. The van der Waals surface area contributed by atoms with Crippen LogP contribution in [-0.2, 0) is 16.4 Å². The Morgan fingerprint density at radius 2 is 2.18 bits per heavy atom. The number of carbonyl (C=O) groups excluding carboxylic acids is 1. The van der Waals surface area contributed by atoms with Crippen molar-refractivity contribution in [3.8, 4) is 11.5 Å². The van der Waals surface area contributed by atoms with Crippen molar-refractivity contribution in [1.29, 1.82) is 0 Å². The zero-order valence-electron chi connectivity index (χ0n) is 15.3. The summed E-state index contributed by atoms with van der Waals surface area (Å²) in [4.78, 5) is 15.9. The second kappa shape index (κ2) is 6.43. The van der Waals surface area contributed by atoms with Crippen LogP contribution in [0.2, 0.25) is 0 Å². The number of sulfone groups is 1. The predicted molar refractivity (Wildman–Crippen MR) is 107 cm³/mol. The third kappa shape index (κ3) is 2.96. The maximum Gasteiger partial charge on any atom is 0.232 e. The number of fused-ring (bicyclic) bond motifs is 2. The minimum absolute atomic E-state index is 0.0343. The number of Topliss-reactive ketones (excluding diaryl/α,β-unsaturated/α-hetero) is 1. The molecule has 8 heteroatoms. The summed E-state index contributed by atoms with van der Waals surface area (Å²) in [7, 11) is -2.96. The molecule has 1 saturated heterocycles. The first-order chi connectivity index (χ1) is 13.4. The number of benzene rings is 1. The molecule has 2 aromatic rings. The Morgan fingerprint density at radius 1 is 1.32 bits per heavy atom. The van der Waals surface area contributed by atoms with Gasteiger partial charge in [0.25, 0.3) is 0 Å². The van der Waals surface area contributed by atoms with Gasteiger partial charge in [0, 0.05) is 34.7 Å². The fraction of sp³-hybridized carbons (Fsp3) is 0.350. The molecule has 0 aliphatic carbocycles. The van der Waals surface area contributed by atoms with Crippen molar-refractivity contribution >= 4 is 33.0 Å². The normalized spacial score (nSPS) is 24.7. The van der Waals surface area contributed by atoms with Crippen molar-refractivity contribution in [3.63, 3.8) is 0 Å². The zero-order valence-corrected chi connectivity index (χ0v) is 16.9. The van der Waals surface area contributed by atoms with Crippen LogP contribution in [0, 0.1) is 6.92 Å². The number of allylic oxidation sites excluding steroid dienone is 1. The number of hydrogen-bond acceptors (Lipinski definition) is 7. The molecule has 1 aromatic carbocycles. The summed E-state index contributed by atoms with van der Waals surface area (Å²) in [5.41, 5.74) is 2.26. The van der Waals surface area contributed by atoms with Gasteiger partial charge in [0.05, 0.1) is 17.1 Å². The summed E-state index contributed by atoms with van der Waals surface area (Å²) in [6.07, 6.45) is 2.39. The Morgan fingerprint density at radius 3 is 2.89 bits per heavy atom. The Hall–Kier alpha value is -2.16. The summed E-state index contributed by atoms with van der Waals surface area (Å²) in [6, 6.07) is 5.67. The van der Waals surface area contributed by atoms with Crippen molar-refractivity contribution < 1.29 is 22.7 Å². The molecule has 1 aromatic heterocycles. The summed E-state index contributed by atoms with van der Waals surface area (Å²) >= 11 is 1.55. The lowest BCUT2D eigenvalue weighted by atomic mass is 9.99. The van der Waals surface area contributed by atoms with Crippen LogP contribution in [0.5, 0.6) is 11.5 Å². The monoisotopic (exact) mass is 417 g/mol. The lowest BCUT2D eigenvalue weighted by molar-refractivity contribution is 0.0637. The lowest BCUT2D eigenvalue weighted by Crippen LogP contribution is -2.41. The molecule has 1 atom stereocenters. The molecular weight excluding hydrogens is 398 g/mol. The van der Waals surface area contributed by atoms with E-state index >= 15 is 0 Å². The maximum absolute atomic E-state index is 12.9. The highest BCUT2D eigenvalue weighted by Crippen LogP contribution is 2.43. The molecule has 6 nitrogen and oxygen atoms in total. The SMILES string of the molecule is Cc1c2c(cc3c1O/C(=C/c1cccs1)C3=O)CN(C1CCS(=O)(=O)C1)CO2. The van der Waals surface area contributed by atoms with E-state index in [-0.39, 0.29) is 23.3 Å². The summed E-state index contributed by atoms with van der Waals surface area (Å²) in [5.74, 6) is 1.89. The van der Waals surface area contributed by atoms with Crippen molar-refractivity contribution in [2.75, 3.05) is 18.2 Å². The molecule has 0 N–H and O–H groups in total. The highest BCUT2D eigenvalue weighted by molar-refractivity contribution is 7.91. The minimum Gasteiger partial charge on any atom is -0.477 e. The number of carbonyl (C=O) groups is 1. The molecule has 0 amide bonds. The highest BCUT2D eigenvalue weighted by atomic mass is 32.2. The molecule has 0 radical (unpaired) electrons. The van der Waals surface area contributed by atoms with Gasteiger partial charge >= 0.3 is 0 Å². The molecule has 28 heavy (non-hydrogen) atoms. The van der Waals surface area contributed by atoms with Gasteiger partial charge < -0.3 is 9.47 Å². The van der Waals surface area contributed by atoms with E-state index in [1.807, 2.05) is 35.4 Å². The number of ketones is 1. The maximum atomic E-state index is 12.9. The van der Waals surface area contributed by atoms with Gasteiger partial charge in [0.2, 0.25) is 5.78 Å². The van der Waals surface area contributed by atoms with Crippen molar-refractivity contribution in [2.24, 2.45) is 0 Å². The van der Waals surface area contributed by atoms with E-state index < -0.39 is 9.84 Å². The van der Waals surface area contributed by atoms with E-state index in [2.05, 4.69) is 0 Å². The smallest absolute Gasteiger partial charge is 0.232 e. The quantitative estimate of drug-likeness (QED) is 0.700. The second-order valence-corrected chi connectivity index (χ2v) is 10.6. The van der Waals surface area contributed by atoms with E-state index in [9.17, 15) is 13.2 Å². The average Bonchev–Trinajstić information content (AvgIpc) is 3.37. The van der Waals surface area contributed by atoms with Gasteiger partial charge in [-0.2, -0.15) is 0 Å². The average molecular weight is 418 g/mol. The second-order valence-electron chi connectivity index (χ2n) is 7.40. The van der Waals surface area contributed by atoms with Crippen molar-refractivity contribution in [1.82, 2.24) is 4.90 Å². The van der Waals surface area contributed by atoms with Crippen LogP contribution >= 0.6 is 11.3 Å². The van der Waals surface area contributed by atoms with Crippen LogP contribution in [0.25, 0.3) is 6.08 Å². The van der Waals surface area contributed by atoms with Gasteiger partial charge in [-0.1, -0.05) is 6.07 Å². The van der Waals surface area contributed by atoms with Gasteiger partial charge in [-0.15, -0.1) is 11.3 Å². The van der Waals surface area contributed by atoms with E-state index in [0.29, 0.717) is 36.8 Å². The summed E-state index contributed by atoms with van der Waals surface area (Å²) < 4.78 is 35.5. The highest BCUT2D eigenvalue weighted by Gasteiger charge is 2.37. The first-order valence-electron chi connectivity index (χ1n) is 9.13. The van der Waals surface area contributed by atoms with E-state index in [1.54, 1.807) is 17.4 Å². The minimum atomic E-state index is -2.96. The summed E-state index contributed by atoms with van der Waals surface area (Å²) in [6.45, 7) is 2.81. The molecule has 5 rings (SSSR count). The first-order valence-corrected chi connectivity index (χ1v) is 11.8. The third-order valence-electron chi connectivity index (χ3n) is 5.51. The number of hydrogen-bond donors (Lipinski definition) is 0. The van der Waals surface area contributed by atoms with Crippen LogP contribution in [0.4, 0.5) is 0 Å². The van der Waals surface area contributed by atoms with Crippen molar-refractivity contribution in [3.05, 3.63) is 50.9 Å². The Balaban J connectivity index is 1.46. The third-order valence-corrected chi connectivity index (χ3v) is 8.08. The van der Waals surface area contributed by atoms with E-state index in [1.165, 1.54) is 0 Å². The van der Waals surface area contributed by atoms with E-state index in [0.717, 1.165) is 21.8 Å². The first kappa shape index (κ1) is 17.9. The zero-order chi connectivity index (χ0) is 19.5.